The zero-order chi connectivity index (χ0) is 10.2. The molecule has 1 aliphatic carbocycles. The molecule has 1 aromatic rings. The lowest BCUT2D eigenvalue weighted by molar-refractivity contribution is -0.0282. The van der Waals surface area contributed by atoms with Crippen molar-refractivity contribution in [1.29, 1.82) is 0 Å². The third kappa shape index (κ3) is 2.16. The molecule has 0 aromatic carbocycles. The van der Waals surface area contributed by atoms with Crippen LogP contribution in [0.1, 0.15) is 30.6 Å². The smallest absolute Gasteiger partial charge is 0.207 e. The van der Waals surface area contributed by atoms with E-state index >= 15 is 0 Å². The Morgan fingerprint density at radius 2 is 1.93 bits per heavy atom. The Labute approximate surface area is 94.5 Å². The molecule has 4 heteroatoms. The lowest BCUT2D eigenvalue weighted by Gasteiger charge is -2.27. The summed E-state index contributed by atoms with van der Waals surface area (Å²) in [4.78, 5) is 1.15. The quantitative estimate of drug-likeness (QED) is 0.702. The van der Waals surface area contributed by atoms with Crippen LogP contribution in [0.2, 0.25) is 0 Å². The summed E-state index contributed by atoms with van der Waals surface area (Å²) in [6, 6.07) is 1.97. The first-order valence-electron chi connectivity index (χ1n) is 4.54. The van der Waals surface area contributed by atoms with Gasteiger partial charge in [0, 0.05) is 28.1 Å². The minimum absolute atomic E-state index is 0.00662. The van der Waals surface area contributed by atoms with Gasteiger partial charge in [-0.05, 0) is 40.2 Å². The highest BCUT2D eigenvalue weighted by Crippen LogP contribution is 2.43. The molecule has 1 saturated carbocycles. The van der Waals surface area contributed by atoms with Crippen LogP contribution in [0.25, 0.3) is 0 Å². The fourth-order valence-electron chi connectivity index (χ4n) is 1.69. The van der Waals surface area contributed by atoms with Crippen molar-refractivity contribution in [1.82, 2.24) is 0 Å². The molecule has 14 heavy (non-hydrogen) atoms. The predicted octanol–water partition coefficient (Wildman–Crippen LogP) is 4.64. The summed E-state index contributed by atoms with van der Waals surface area (Å²) in [5, 5.41) is 1.99. The van der Waals surface area contributed by atoms with Crippen LogP contribution in [-0.4, -0.2) is 5.92 Å². The van der Waals surface area contributed by atoms with Gasteiger partial charge in [-0.15, -0.1) is 11.3 Å². The van der Waals surface area contributed by atoms with Gasteiger partial charge in [-0.25, -0.2) is 8.78 Å². The van der Waals surface area contributed by atoms with E-state index in [1.807, 2.05) is 11.4 Å². The minimum atomic E-state index is -2.44. The molecule has 0 amide bonds. The topological polar surface area (TPSA) is 0 Å². The van der Waals surface area contributed by atoms with E-state index in [4.69, 9.17) is 0 Å². The molecule has 0 N–H and O–H groups in total. The largest absolute Gasteiger partial charge is 0.248 e. The zero-order valence-electron chi connectivity index (χ0n) is 7.53. The van der Waals surface area contributed by atoms with Crippen molar-refractivity contribution in [3.63, 3.8) is 0 Å². The summed E-state index contributed by atoms with van der Waals surface area (Å²) < 4.78 is 26.8. The summed E-state index contributed by atoms with van der Waals surface area (Å²) in [6.07, 6.45) is 1.08. The van der Waals surface area contributed by atoms with Gasteiger partial charge in [0.05, 0.1) is 0 Å². The summed E-state index contributed by atoms with van der Waals surface area (Å²) >= 11 is 5.06. The van der Waals surface area contributed by atoms with Gasteiger partial charge >= 0.3 is 0 Å². The highest BCUT2D eigenvalue weighted by atomic mass is 79.9. The highest BCUT2D eigenvalue weighted by molar-refractivity contribution is 9.10. The van der Waals surface area contributed by atoms with E-state index in [1.54, 1.807) is 11.3 Å². The molecule has 0 aliphatic heterocycles. The molecule has 77 valence electrons. The van der Waals surface area contributed by atoms with Gasteiger partial charge < -0.3 is 0 Å². The number of halogens is 3. The van der Waals surface area contributed by atoms with Gasteiger partial charge in [-0.2, -0.15) is 0 Å². The van der Waals surface area contributed by atoms with Gasteiger partial charge in [0.15, 0.2) is 0 Å². The normalized spacial score (nSPS) is 22.5. The lowest BCUT2D eigenvalue weighted by atomic mass is 9.86. The number of alkyl halides is 2. The molecule has 0 saturated heterocycles. The van der Waals surface area contributed by atoms with Crippen molar-refractivity contribution in [3.05, 3.63) is 26.7 Å². The van der Waals surface area contributed by atoms with Crippen molar-refractivity contribution in [2.75, 3.05) is 0 Å². The first-order valence-corrected chi connectivity index (χ1v) is 6.22. The van der Waals surface area contributed by atoms with E-state index in [2.05, 4.69) is 15.9 Å². The average Bonchev–Trinajstić information content (AvgIpc) is 2.52. The summed E-state index contributed by atoms with van der Waals surface area (Å²) in [5.41, 5.74) is 0. The SMILES string of the molecule is FC1(F)CC[C](c2sccc2Br)CC1. The predicted molar refractivity (Wildman–Crippen MR) is 57.8 cm³/mol. The van der Waals surface area contributed by atoms with E-state index < -0.39 is 5.92 Å². The molecule has 0 bridgehead atoms. The molecule has 0 unspecified atom stereocenters. The first-order chi connectivity index (χ1) is 6.58. The van der Waals surface area contributed by atoms with Crippen LogP contribution in [0.4, 0.5) is 8.78 Å². The second-order valence-corrected chi connectivity index (χ2v) is 5.33. The Bertz CT molecular complexity index is 312. The molecule has 0 spiro atoms. The maximum Gasteiger partial charge on any atom is 0.248 e. The van der Waals surface area contributed by atoms with E-state index in [0.717, 1.165) is 9.35 Å². The molecule has 0 atom stereocenters. The fraction of sp³-hybridized carbons (Fsp3) is 0.500. The minimum Gasteiger partial charge on any atom is -0.207 e. The third-order valence-electron chi connectivity index (χ3n) is 2.52. The third-order valence-corrected chi connectivity index (χ3v) is 4.46. The van der Waals surface area contributed by atoms with Gasteiger partial charge in [0.1, 0.15) is 0 Å². The van der Waals surface area contributed by atoms with Gasteiger partial charge in [-0.1, -0.05) is 0 Å². The number of hydrogen-bond acceptors (Lipinski definition) is 1. The summed E-state index contributed by atoms with van der Waals surface area (Å²) in [6.45, 7) is 0. The lowest BCUT2D eigenvalue weighted by Crippen LogP contribution is -2.23. The molecule has 1 radical (unpaired) electrons. The Balaban J connectivity index is 2.06. The fourth-order valence-corrected chi connectivity index (χ4v) is 3.45. The maximum atomic E-state index is 12.9. The first kappa shape index (κ1) is 10.6. The van der Waals surface area contributed by atoms with Crippen LogP contribution in [0.15, 0.2) is 15.9 Å². The maximum absolute atomic E-state index is 12.9. The Morgan fingerprint density at radius 1 is 1.29 bits per heavy atom. The average molecular weight is 280 g/mol. The summed E-state index contributed by atoms with van der Waals surface area (Å²) in [5.74, 6) is -1.26. The zero-order valence-corrected chi connectivity index (χ0v) is 9.93. The van der Waals surface area contributed by atoms with Crippen molar-refractivity contribution < 1.29 is 8.78 Å². The molecule has 1 fully saturated rings. The Morgan fingerprint density at radius 3 is 2.43 bits per heavy atom. The van der Waals surface area contributed by atoms with E-state index in [0.29, 0.717) is 12.8 Å². The van der Waals surface area contributed by atoms with E-state index in [1.165, 1.54) is 5.92 Å². The van der Waals surface area contributed by atoms with Crippen molar-refractivity contribution in [2.24, 2.45) is 0 Å². The second kappa shape index (κ2) is 3.89. The second-order valence-electron chi connectivity index (χ2n) is 3.56. The summed E-state index contributed by atoms with van der Waals surface area (Å²) in [7, 11) is 0. The van der Waals surface area contributed by atoms with Crippen molar-refractivity contribution >= 4 is 27.3 Å². The highest BCUT2D eigenvalue weighted by Gasteiger charge is 2.36. The van der Waals surface area contributed by atoms with Crippen LogP contribution < -0.4 is 0 Å². The molecule has 0 nitrogen and oxygen atoms in total. The van der Waals surface area contributed by atoms with Crippen LogP contribution in [0.5, 0.6) is 0 Å². The Kier molecular flexibility index (Phi) is 2.93. The van der Waals surface area contributed by atoms with E-state index in [9.17, 15) is 8.78 Å². The molecule has 1 aromatic heterocycles. The van der Waals surface area contributed by atoms with Crippen LogP contribution in [0.3, 0.4) is 0 Å². The van der Waals surface area contributed by atoms with Crippen LogP contribution in [-0.2, 0) is 0 Å². The standard InChI is InChI=1S/C10H10BrF2S/c11-8-3-6-14-9(8)7-1-4-10(12,13)5-2-7/h3,6H,1-2,4-5H2. The number of thiophene rings is 1. The number of rotatable bonds is 1. The molecular formula is C10H10BrF2S. The van der Waals surface area contributed by atoms with Gasteiger partial charge in [0.25, 0.3) is 0 Å². The van der Waals surface area contributed by atoms with Crippen molar-refractivity contribution in [3.8, 4) is 0 Å². The van der Waals surface area contributed by atoms with Crippen LogP contribution in [0, 0.1) is 5.92 Å². The number of hydrogen-bond donors (Lipinski definition) is 0. The Hall–Kier alpha value is 0.0400. The van der Waals surface area contributed by atoms with Gasteiger partial charge in [0.2, 0.25) is 5.92 Å². The molecule has 2 rings (SSSR count). The van der Waals surface area contributed by atoms with Gasteiger partial charge in [-0.3, -0.25) is 0 Å². The van der Waals surface area contributed by atoms with Crippen LogP contribution >= 0.6 is 27.3 Å². The molecule has 1 aliphatic rings. The molecule has 1 heterocycles. The van der Waals surface area contributed by atoms with E-state index in [-0.39, 0.29) is 12.8 Å². The molecular weight excluding hydrogens is 270 g/mol. The van der Waals surface area contributed by atoms with Crippen molar-refractivity contribution in [2.45, 2.75) is 31.6 Å². The monoisotopic (exact) mass is 279 g/mol.